The number of hydrogen-bond acceptors (Lipinski definition) is 2. The number of carbonyl (C=O) groups is 1. The summed E-state index contributed by atoms with van der Waals surface area (Å²) in [6, 6.07) is 14.0. The summed E-state index contributed by atoms with van der Waals surface area (Å²) in [5.74, 6) is 1.03. The topological polar surface area (TPSA) is 42.2 Å². The molecule has 1 aromatic heterocycles. The third-order valence-corrected chi connectivity index (χ3v) is 4.25. The zero-order chi connectivity index (χ0) is 14.0. The summed E-state index contributed by atoms with van der Waals surface area (Å²) in [4.78, 5) is 12.1. The van der Waals surface area contributed by atoms with Crippen LogP contribution in [-0.4, -0.2) is 12.5 Å². The van der Waals surface area contributed by atoms with Crippen molar-refractivity contribution in [3.8, 4) is 0 Å². The normalized spacial score (nSPS) is 16.4. The van der Waals surface area contributed by atoms with Gasteiger partial charge in [0.2, 0.25) is 0 Å². The highest BCUT2D eigenvalue weighted by Gasteiger charge is 2.38. The molecule has 0 unspecified atom stereocenters. The molecule has 1 aliphatic carbocycles. The molecule has 1 fully saturated rings. The average Bonchev–Trinajstić information content (AvgIpc) is 2.85. The molecule has 0 saturated heterocycles. The van der Waals surface area contributed by atoms with E-state index in [1.807, 2.05) is 19.1 Å². The van der Waals surface area contributed by atoms with Crippen LogP contribution in [-0.2, 0) is 5.41 Å². The molecule has 20 heavy (non-hydrogen) atoms. The van der Waals surface area contributed by atoms with E-state index in [1.165, 1.54) is 12.0 Å². The van der Waals surface area contributed by atoms with Gasteiger partial charge in [0.1, 0.15) is 5.76 Å². The second-order valence-corrected chi connectivity index (χ2v) is 5.59. The highest BCUT2D eigenvalue weighted by atomic mass is 16.3. The Labute approximate surface area is 119 Å². The average molecular weight is 269 g/mol. The predicted octanol–water partition coefficient (Wildman–Crippen LogP) is 3.44. The molecule has 0 atom stereocenters. The highest BCUT2D eigenvalue weighted by Crippen LogP contribution is 2.43. The van der Waals surface area contributed by atoms with Crippen LogP contribution < -0.4 is 5.32 Å². The van der Waals surface area contributed by atoms with E-state index in [0.717, 1.165) is 18.6 Å². The summed E-state index contributed by atoms with van der Waals surface area (Å²) in [5, 5.41) is 3.02. The molecule has 1 heterocycles. The van der Waals surface area contributed by atoms with Crippen molar-refractivity contribution in [3.63, 3.8) is 0 Å². The fourth-order valence-electron chi connectivity index (χ4n) is 2.86. The molecule has 1 amide bonds. The van der Waals surface area contributed by atoms with E-state index < -0.39 is 0 Å². The van der Waals surface area contributed by atoms with E-state index in [-0.39, 0.29) is 11.3 Å². The summed E-state index contributed by atoms with van der Waals surface area (Å²) in [6.07, 6.45) is 3.49. The van der Waals surface area contributed by atoms with Gasteiger partial charge in [0.05, 0.1) is 0 Å². The van der Waals surface area contributed by atoms with Gasteiger partial charge in [-0.05, 0) is 37.5 Å². The minimum Gasteiger partial charge on any atom is -0.456 e. The summed E-state index contributed by atoms with van der Waals surface area (Å²) in [6.45, 7) is 2.52. The number of carbonyl (C=O) groups excluding carboxylic acids is 1. The lowest BCUT2D eigenvalue weighted by atomic mass is 9.64. The Morgan fingerprint density at radius 3 is 2.50 bits per heavy atom. The van der Waals surface area contributed by atoms with Gasteiger partial charge in [0, 0.05) is 12.0 Å². The molecule has 1 N–H and O–H groups in total. The van der Waals surface area contributed by atoms with Crippen molar-refractivity contribution in [1.82, 2.24) is 5.32 Å². The van der Waals surface area contributed by atoms with Crippen LogP contribution in [0.25, 0.3) is 0 Å². The second kappa shape index (κ2) is 5.16. The molecule has 1 aromatic carbocycles. The van der Waals surface area contributed by atoms with Crippen molar-refractivity contribution in [2.24, 2.45) is 0 Å². The molecule has 0 bridgehead atoms. The molecule has 1 saturated carbocycles. The Morgan fingerprint density at radius 1 is 1.20 bits per heavy atom. The lowest BCUT2D eigenvalue weighted by Gasteiger charge is -2.42. The molecular weight excluding hydrogens is 250 g/mol. The van der Waals surface area contributed by atoms with Crippen LogP contribution >= 0.6 is 0 Å². The van der Waals surface area contributed by atoms with Crippen molar-refractivity contribution in [2.75, 3.05) is 6.54 Å². The Balaban J connectivity index is 1.69. The van der Waals surface area contributed by atoms with Gasteiger partial charge < -0.3 is 9.73 Å². The number of aryl methyl sites for hydroxylation is 1. The van der Waals surface area contributed by atoms with Crippen LogP contribution in [0.2, 0.25) is 0 Å². The van der Waals surface area contributed by atoms with Gasteiger partial charge in [-0.25, -0.2) is 0 Å². The van der Waals surface area contributed by atoms with Gasteiger partial charge in [-0.15, -0.1) is 0 Å². The summed E-state index contributed by atoms with van der Waals surface area (Å²) in [5.41, 5.74) is 1.43. The maximum Gasteiger partial charge on any atom is 0.287 e. The summed E-state index contributed by atoms with van der Waals surface area (Å²) < 4.78 is 5.36. The molecule has 3 heteroatoms. The van der Waals surface area contributed by atoms with Crippen molar-refractivity contribution in [3.05, 3.63) is 59.5 Å². The van der Waals surface area contributed by atoms with Crippen LogP contribution in [0, 0.1) is 6.92 Å². The largest absolute Gasteiger partial charge is 0.456 e. The third kappa shape index (κ3) is 2.36. The fraction of sp³-hybridized carbons (Fsp3) is 0.353. The van der Waals surface area contributed by atoms with E-state index in [1.54, 1.807) is 6.07 Å². The Kier molecular flexibility index (Phi) is 3.35. The molecule has 3 rings (SSSR count). The zero-order valence-electron chi connectivity index (χ0n) is 11.7. The summed E-state index contributed by atoms with van der Waals surface area (Å²) in [7, 11) is 0. The van der Waals surface area contributed by atoms with Crippen molar-refractivity contribution < 1.29 is 9.21 Å². The van der Waals surface area contributed by atoms with Crippen molar-refractivity contribution in [1.29, 1.82) is 0 Å². The van der Waals surface area contributed by atoms with Crippen molar-refractivity contribution in [2.45, 2.75) is 31.6 Å². The maximum absolute atomic E-state index is 12.1. The third-order valence-electron chi connectivity index (χ3n) is 4.25. The highest BCUT2D eigenvalue weighted by molar-refractivity contribution is 5.91. The Bertz CT molecular complexity index is 596. The first-order valence-electron chi connectivity index (χ1n) is 7.10. The standard InChI is InChI=1S/C17H19NO2/c1-13-8-9-15(20-13)16(19)18-12-17(10-5-11-17)14-6-3-2-4-7-14/h2-4,6-9H,5,10-12H2,1H3,(H,18,19). The number of benzene rings is 1. The Morgan fingerprint density at radius 2 is 1.95 bits per heavy atom. The van der Waals surface area contributed by atoms with Crippen LogP contribution in [0.1, 0.15) is 41.1 Å². The van der Waals surface area contributed by atoms with Crippen LogP contribution in [0.15, 0.2) is 46.9 Å². The zero-order valence-corrected chi connectivity index (χ0v) is 11.7. The molecular formula is C17H19NO2. The van der Waals surface area contributed by atoms with Gasteiger partial charge in [0.25, 0.3) is 5.91 Å². The van der Waals surface area contributed by atoms with E-state index >= 15 is 0 Å². The lowest BCUT2D eigenvalue weighted by Crippen LogP contribution is -2.45. The van der Waals surface area contributed by atoms with E-state index in [4.69, 9.17) is 4.42 Å². The number of furan rings is 1. The molecule has 2 aromatic rings. The first-order chi connectivity index (χ1) is 9.70. The van der Waals surface area contributed by atoms with Gasteiger partial charge in [-0.2, -0.15) is 0 Å². The SMILES string of the molecule is Cc1ccc(C(=O)NCC2(c3ccccc3)CCC2)o1. The smallest absolute Gasteiger partial charge is 0.287 e. The van der Waals surface area contributed by atoms with Gasteiger partial charge >= 0.3 is 0 Å². The lowest BCUT2D eigenvalue weighted by molar-refractivity contribution is 0.0899. The minimum absolute atomic E-state index is 0.110. The number of nitrogens with one attached hydrogen (secondary N) is 1. The minimum atomic E-state index is -0.125. The molecule has 104 valence electrons. The first-order valence-corrected chi connectivity index (χ1v) is 7.10. The first kappa shape index (κ1) is 13.0. The van der Waals surface area contributed by atoms with Crippen LogP contribution in [0.4, 0.5) is 0 Å². The monoisotopic (exact) mass is 269 g/mol. The van der Waals surface area contributed by atoms with Crippen LogP contribution in [0.5, 0.6) is 0 Å². The van der Waals surface area contributed by atoms with E-state index in [2.05, 4.69) is 29.6 Å². The Hall–Kier alpha value is -2.03. The van der Waals surface area contributed by atoms with E-state index in [9.17, 15) is 4.79 Å². The molecule has 0 spiro atoms. The quantitative estimate of drug-likeness (QED) is 0.923. The van der Waals surface area contributed by atoms with Gasteiger partial charge in [0.15, 0.2) is 5.76 Å². The number of amides is 1. The summed E-state index contributed by atoms with van der Waals surface area (Å²) >= 11 is 0. The molecule has 0 radical (unpaired) electrons. The van der Waals surface area contributed by atoms with Gasteiger partial charge in [-0.3, -0.25) is 4.79 Å². The second-order valence-electron chi connectivity index (χ2n) is 5.59. The predicted molar refractivity (Wildman–Crippen MR) is 77.7 cm³/mol. The van der Waals surface area contributed by atoms with Crippen molar-refractivity contribution >= 4 is 5.91 Å². The fourth-order valence-corrected chi connectivity index (χ4v) is 2.86. The molecule has 1 aliphatic rings. The molecule has 0 aliphatic heterocycles. The number of hydrogen-bond donors (Lipinski definition) is 1. The van der Waals surface area contributed by atoms with Gasteiger partial charge in [-0.1, -0.05) is 36.8 Å². The van der Waals surface area contributed by atoms with E-state index in [0.29, 0.717) is 12.3 Å². The van der Waals surface area contributed by atoms with Crippen LogP contribution in [0.3, 0.4) is 0 Å². The molecule has 3 nitrogen and oxygen atoms in total. The maximum atomic E-state index is 12.1. The number of rotatable bonds is 4.